The summed E-state index contributed by atoms with van der Waals surface area (Å²) >= 11 is 1.29. The standard InChI is InChI=1S/C14H23N3O3S/c1-8(2)20-11-10(15)12(14(18)19-4)21-13(11)16-9-5-6-17(3)7-9/h8-9,16H,5-7,15H2,1-4H3. The number of nitrogens with one attached hydrogen (secondary N) is 1. The number of carbonyl (C=O) groups is 1. The van der Waals surface area contributed by atoms with Gasteiger partial charge >= 0.3 is 5.97 Å². The largest absolute Gasteiger partial charge is 0.486 e. The Kier molecular flexibility index (Phi) is 4.95. The van der Waals surface area contributed by atoms with Crippen LogP contribution in [-0.4, -0.2) is 50.3 Å². The number of nitrogen functional groups attached to an aromatic ring is 1. The number of ether oxygens (including phenoxy) is 2. The van der Waals surface area contributed by atoms with Crippen molar-refractivity contribution in [1.29, 1.82) is 0 Å². The molecule has 1 aromatic heterocycles. The fourth-order valence-corrected chi connectivity index (χ4v) is 3.41. The lowest BCUT2D eigenvalue weighted by molar-refractivity contribution is 0.0607. The molecule has 0 spiro atoms. The fourth-order valence-electron chi connectivity index (χ4n) is 2.36. The number of esters is 1. The third kappa shape index (κ3) is 3.59. The molecule has 2 rings (SSSR count). The number of likely N-dealkylation sites (N-methyl/N-ethyl adjacent to an activating group) is 1. The second-order valence-electron chi connectivity index (χ2n) is 5.55. The predicted octanol–water partition coefficient (Wildman–Crippen LogP) is 2.02. The molecule has 1 aliphatic rings. The smallest absolute Gasteiger partial charge is 0.350 e. The number of nitrogens with two attached hydrogens (primary N) is 1. The van der Waals surface area contributed by atoms with Crippen LogP contribution in [0.15, 0.2) is 0 Å². The van der Waals surface area contributed by atoms with E-state index in [0.717, 1.165) is 24.5 Å². The zero-order chi connectivity index (χ0) is 15.6. The van der Waals surface area contributed by atoms with Crippen molar-refractivity contribution in [3.05, 3.63) is 4.88 Å². The zero-order valence-electron chi connectivity index (χ0n) is 12.9. The summed E-state index contributed by atoms with van der Waals surface area (Å²) in [5, 5.41) is 4.26. The van der Waals surface area contributed by atoms with Gasteiger partial charge in [0.25, 0.3) is 0 Å². The van der Waals surface area contributed by atoms with Crippen LogP contribution in [0.25, 0.3) is 0 Å². The lowest BCUT2D eigenvalue weighted by Gasteiger charge is -2.16. The van der Waals surface area contributed by atoms with E-state index in [1.165, 1.54) is 18.4 Å². The first-order valence-electron chi connectivity index (χ1n) is 7.04. The molecule has 1 unspecified atom stereocenters. The second kappa shape index (κ2) is 6.53. The maximum Gasteiger partial charge on any atom is 0.350 e. The average Bonchev–Trinajstić information content (AvgIpc) is 2.96. The molecule has 1 fully saturated rings. The number of nitrogens with zero attached hydrogens (tertiary/aromatic N) is 1. The quantitative estimate of drug-likeness (QED) is 0.810. The highest BCUT2D eigenvalue weighted by Crippen LogP contribution is 2.44. The molecular weight excluding hydrogens is 290 g/mol. The van der Waals surface area contributed by atoms with Crippen LogP contribution in [0.1, 0.15) is 29.9 Å². The minimum atomic E-state index is -0.428. The minimum absolute atomic E-state index is 0.0146. The van der Waals surface area contributed by atoms with Crippen LogP contribution in [0, 0.1) is 0 Å². The van der Waals surface area contributed by atoms with Crippen molar-refractivity contribution in [3.8, 4) is 5.75 Å². The molecule has 1 aliphatic heterocycles. The van der Waals surface area contributed by atoms with Gasteiger partial charge in [0.1, 0.15) is 15.6 Å². The lowest BCUT2D eigenvalue weighted by atomic mass is 10.2. The monoisotopic (exact) mass is 313 g/mol. The maximum atomic E-state index is 11.8. The number of hydrogen-bond donors (Lipinski definition) is 2. The van der Waals surface area contributed by atoms with Crippen LogP contribution in [0.4, 0.5) is 10.7 Å². The Morgan fingerprint density at radius 2 is 2.24 bits per heavy atom. The summed E-state index contributed by atoms with van der Waals surface area (Å²) in [6.45, 7) is 5.89. The number of likely N-dealkylation sites (tertiary alicyclic amines) is 1. The van der Waals surface area contributed by atoms with Gasteiger partial charge in [-0.25, -0.2) is 4.79 Å². The lowest BCUT2D eigenvalue weighted by Crippen LogP contribution is -2.23. The number of hydrogen-bond acceptors (Lipinski definition) is 7. The van der Waals surface area contributed by atoms with Gasteiger partial charge in [-0.3, -0.25) is 0 Å². The fraction of sp³-hybridized carbons (Fsp3) is 0.643. The van der Waals surface area contributed by atoms with Crippen molar-refractivity contribution in [1.82, 2.24) is 4.90 Å². The SMILES string of the molecule is COC(=O)c1sc(NC2CCN(C)C2)c(OC(C)C)c1N. The van der Waals surface area contributed by atoms with Gasteiger partial charge < -0.3 is 25.4 Å². The van der Waals surface area contributed by atoms with Gasteiger partial charge in [0.2, 0.25) is 0 Å². The third-order valence-electron chi connectivity index (χ3n) is 3.35. The molecule has 0 saturated carbocycles. The summed E-state index contributed by atoms with van der Waals surface area (Å²) < 4.78 is 10.6. The minimum Gasteiger partial charge on any atom is -0.486 e. The number of thiophene rings is 1. The molecule has 0 radical (unpaired) electrons. The van der Waals surface area contributed by atoms with Crippen molar-refractivity contribution >= 4 is 28.0 Å². The van der Waals surface area contributed by atoms with Crippen LogP contribution < -0.4 is 15.8 Å². The first kappa shape index (κ1) is 15.9. The van der Waals surface area contributed by atoms with Crippen molar-refractivity contribution in [2.75, 3.05) is 38.3 Å². The van der Waals surface area contributed by atoms with E-state index >= 15 is 0 Å². The van der Waals surface area contributed by atoms with Gasteiger partial charge in [-0.1, -0.05) is 0 Å². The molecule has 7 heteroatoms. The van der Waals surface area contributed by atoms with Crippen LogP contribution in [0.2, 0.25) is 0 Å². The van der Waals surface area contributed by atoms with Crippen LogP contribution in [0.3, 0.4) is 0 Å². The highest BCUT2D eigenvalue weighted by Gasteiger charge is 2.27. The van der Waals surface area contributed by atoms with Crippen molar-refractivity contribution < 1.29 is 14.3 Å². The Morgan fingerprint density at radius 3 is 2.76 bits per heavy atom. The summed E-state index contributed by atoms with van der Waals surface area (Å²) in [5.74, 6) is 0.132. The van der Waals surface area contributed by atoms with E-state index in [2.05, 4.69) is 17.3 Å². The van der Waals surface area contributed by atoms with Crippen molar-refractivity contribution in [2.24, 2.45) is 0 Å². The zero-order valence-corrected chi connectivity index (χ0v) is 13.8. The summed E-state index contributed by atoms with van der Waals surface area (Å²) in [4.78, 5) is 14.4. The molecule has 0 bridgehead atoms. The van der Waals surface area contributed by atoms with Gasteiger partial charge in [-0.15, -0.1) is 11.3 Å². The van der Waals surface area contributed by atoms with Gasteiger partial charge in [-0.2, -0.15) is 0 Å². The maximum absolute atomic E-state index is 11.8. The number of rotatable bonds is 5. The number of methoxy groups -OCH3 is 1. The van der Waals surface area contributed by atoms with E-state index in [1.54, 1.807) is 0 Å². The number of anilines is 2. The summed E-state index contributed by atoms with van der Waals surface area (Å²) in [7, 11) is 3.44. The molecule has 1 aromatic rings. The van der Waals surface area contributed by atoms with Crippen molar-refractivity contribution in [2.45, 2.75) is 32.4 Å². The van der Waals surface area contributed by atoms with Crippen LogP contribution in [-0.2, 0) is 4.74 Å². The van der Waals surface area contributed by atoms with E-state index in [-0.39, 0.29) is 6.10 Å². The molecule has 21 heavy (non-hydrogen) atoms. The normalized spacial score (nSPS) is 19.0. The Morgan fingerprint density at radius 1 is 1.52 bits per heavy atom. The molecule has 6 nitrogen and oxygen atoms in total. The summed E-state index contributed by atoms with van der Waals surface area (Å²) in [6.07, 6.45) is 1.04. The van der Waals surface area contributed by atoms with E-state index in [0.29, 0.717) is 22.4 Å². The molecule has 1 saturated heterocycles. The molecule has 3 N–H and O–H groups in total. The Bertz CT molecular complexity index is 516. The predicted molar refractivity (Wildman–Crippen MR) is 85.4 cm³/mol. The molecule has 2 heterocycles. The van der Waals surface area contributed by atoms with E-state index in [4.69, 9.17) is 15.2 Å². The van der Waals surface area contributed by atoms with E-state index < -0.39 is 5.97 Å². The average molecular weight is 313 g/mol. The Balaban J connectivity index is 2.26. The Hall–Kier alpha value is -1.47. The van der Waals surface area contributed by atoms with Crippen molar-refractivity contribution in [3.63, 3.8) is 0 Å². The number of carbonyl (C=O) groups excluding carboxylic acids is 1. The Labute approximate surface area is 129 Å². The van der Waals surface area contributed by atoms with E-state index in [9.17, 15) is 4.79 Å². The topological polar surface area (TPSA) is 76.8 Å². The highest BCUT2D eigenvalue weighted by molar-refractivity contribution is 7.19. The molecule has 0 aliphatic carbocycles. The summed E-state index contributed by atoms with van der Waals surface area (Å²) in [6, 6.07) is 0.341. The van der Waals surface area contributed by atoms with Gasteiger partial charge in [0.15, 0.2) is 5.75 Å². The first-order valence-corrected chi connectivity index (χ1v) is 7.86. The molecule has 0 amide bonds. The highest BCUT2D eigenvalue weighted by atomic mass is 32.1. The molecule has 1 atom stereocenters. The van der Waals surface area contributed by atoms with Gasteiger partial charge in [0.05, 0.1) is 13.2 Å². The molecule has 118 valence electrons. The van der Waals surface area contributed by atoms with Crippen LogP contribution >= 0.6 is 11.3 Å². The molecule has 0 aromatic carbocycles. The third-order valence-corrected chi connectivity index (χ3v) is 4.45. The van der Waals surface area contributed by atoms with Gasteiger partial charge in [0, 0.05) is 12.6 Å². The first-order chi connectivity index (χ1) is 9.92. The van der Waals surface area contributed by atoms with Crippen LogP contribution in [0.5, 0.6) is 5.75 Å². The second-order valence-corrected chi connectivity index (χ2v) is 6.57. The summed E-state index contributed by atoms with van der Waals surface area (Å²) in [5.41, 5.74) is 6.42. The van der Waals surface area contributed by atoms with E-state index in [1.807, 2.05) is 13.8 Å². The van der Waals surface area contributed by atoms with Gasteiger partial charge in [-0.05, 0) is 33.9 Å². The molecular formula is C14H23N3O3S.